The Kier molecular flexibility index (Phi) is 14.1. The maximum absolute atomic E-state index is 4.08. The summed E-state index contributed by atoms with van der Waals surface area (Å²) >= 11 is 0. The number of benzene rings is 4. The summed E-state index contributed by atoms with van der Waals surface area (Å²) in [6, 6.07) is 38.6. The number of para-hydroxylation sites is 4. The molecule has 0 unspecified atom stereocenters. The van der Waals surface area contributed by atoms with E-state index in [0.29, 0.717) is 0 Å². The van der Waals surface area contributed by atoms with Crippen molar-refractivity contribution in [2.45, 2.75) is 0 Å². The normalized spacial score (nSPS) is 9.00. The molecule has 0 aliphatic heterocycles. The van der Waals surface area contributed by atoms with Crippen LogP contribution in [0.25, 0.3) is 21.7 Å². The molecule has 4 aromatic rings. The van der Waals surface area contributed by atoms with Gasteiger partial charge in [0, 0.05) is 0 Å². The Bertz CT molecular complexity index is 785. The predicted molar refractivity (Wildman–Crippen MR) is 124 cm³/mol. The second kappa shape index (κ2) is 16.7. The van der Waals surface area contributed by atoms with Crippen molar-refractivity contribution in [1.29, 1.82) is 0 Å². The third-order valence-electron chi connectivity index (χ3n) is 3.74. The van der Waals surface area contributed by atoms with Gasteiger partial charge in [-0.2, -0.15) is 0 Å². The number of nitrogens with zero attached hydrogens (tertiary/aromatic N) is 4. The van der Waals surface area contributed by atoms with Crippen molar-refractivity contribution >= 4 is 22.7 Å². The van der Waals surface area contributed by atoms with Crippen LogP contribution in [0.1, 0.15) is 0 Å². The van der Waals surface area contributed by atoms with Crippen LogP contribution in [0.2, 0.25) is 0 Å². The van der Waals surface area contributed by atoms with Crippen molar-refractivity contribution in [3.8, 4) is 0 Å². The SMILES string of the molecule is [Cu+2].[Cu+2].c1ccc([N-]N[N-]c2ccccc2)cc1.c1ccc([N-]N[N-]c2ccccc2)cc1. The van der Waals surface area contributed by atoms with Gasteiger partial charge in [0.2, 0.25) is 0 Å². The van der Waals surface area contributed by atoms with Crippen molar-refractivity contribution in [3.05, 3.63) is 143 Å². The summed E-state index contributed by atoms with van der Waals surface area (Å²) in [5.41, 5.74) is 25.1. The van der Waals surface area contributed by atoms with Crippen LogP contribution in [-0.4, -0.2) is 0 Å². The van der Waals surface area contributed by atoms with E-state index >= 15 is 0 Å². The molecule has 0 bridgehead atoms. The van der Waals surface area contributed by atoms with E-state index in [1.54, 1.807) is 0 Å². The molecule has 0 aliphatic rings. The Hall–Kier alpha value is -2.96. The zero-order chi connectivity index (χ0) is 20.7. The van der Waals surface area contributed by atoms with E-state index in [1.807, 2.05) is 121 Å². The molecule has 2 radical (unpaired) electrons. The first-order valence-corrected chi connectivity index (χ1v) is 9.43. The van der Waals surface area contributed by atoms with Gasteiger partial charge in [-0.25, -0.2) is 0 Å². The zero-order valence-corrected chi connectivity index (χ0v) is 18.8. The van der Waals surface area contributed by atoms with Crippen LogP contribution in [0.4, 0.5) is 22.7 Å². The third kappa shape index (κ3) is 10.9. The largest absolute Gasteiger partial charge is 2.00 e. The van der Waals surface area contributed by atoms with E-state index in [1.165, 1.54) is 0 Å². The fourth-order valence-electron chi connectivity index (χ4n) is 2.29. The Morgan fingerprint density at radius 1 is 0.312 bits per heavy atom. The molecule has 0 amide bonds. The molecule has 8 heteroatoms. The van der Waals surface area contributed by atoms with Gasteiger partial charge in [0.25, 0.3) is 0 Å². The first kappa shape index (κ1) is 27.1. The monoisotopic (exact) mass is 520 g/mol. The summed E-state index contributed by atoms with van der Waals surface area (Å²) in [5.74, 6) is 0. The molecule has 4 rings (SSSR count). The minimum Gasteiger partial charge on any atom is -0.638 e. The molecule has 6 nitrogen and oxygen atoms in total. The van der Waals surface area contributed by atoms with Crippen LogP contribution < -0.4 is 11.1 Å². The minimum atomic E-state index is 0. The first-order valence-electron chi connectivity index (χ1n) is 9.43. The van der Waals surface area contributed by atoms with Gasteiger partial charge in [0.15, 0.2) is 0 Å². The van der Waals surface area contributed by atoms with Crippen molar-refractivity contribution in [1.82, 2.24) is 11.1 Å². The topological polar surface area (TPSA) is 80.5 Å². The van der Waals surface area contributed by atoms with Crippen molar-refractivity contribution in [2.24, 2.45) is 0 Å². The standard InChI is InChI=1S/2C12H11N3.2Cu/c2*1-3-7-11(8-4-1)13-15-14-12-9-5-2-6-10-12;;/h2*1-10,15H;;/q2*-2;2*+2. The summed E-state index contributed by atoms with van der Waals surface area (Å²) in [4.78, 5) is 0. The Labute approximate surface area is 210 Å². The molecule has 0 spiro atoms. The average molecular weight is 522 g/mol. The van der Waals surface area contributed by atoms with Crippen LogP contribution in [0.3, 0.4) is 0 Å². The average Bonchev–Trinajstić information content (AvgIpc) is 2.82. The molecular formula is C24H22Cu2N6. The Morgan fingerprint density at radius 3 is 0.688 bits per heavy atom. The van der Waals surface area contributed by atoms with E-state index in [4.69, 9.17) is 0 Å². The molecule has 170 valence electrons. The smallest absolute Gasteiger partial charge is 0.638 e. The number of rotatable bonds is 8. The molecule has 0 aliphatic carbocycles. The van der Waals surface area contributed by atoms with E-state index in [2.05, 4.69) is 32.8 Å². The van der Waals surface area contributed by atoms with Crippen LogP contribution in [0, 0.1) is 0 Å². The van der Waals surface area contributed by atoms with E-state index in [0.717, 1.165) is 22.7 Å². The summed E-state index contributed by atoms with van der Waals surface area (Å²) in [5, 5.41) is 0. The Balaban J connectivity index is 0.000000301. The van der Waals surface area contributed by atoms with Crippen molar-refractivity contribution in [3.63, 3.8) is 0 Å². The van der Waals surface area contributed by atoms with Crippen LogP contribution >= 0.6 is 0 Å². The summed E-state index contributed by atoms with van der Waals surface area (Å²) in [7, 11) is 0. The molecule has 0 saturated heterocycles. The molecule has 0 fully saturated rings. The van der Waals surface area contributed by atoms with Crippen molar-refractivity contribution < 1.29 is 34.1 Å². The summed E-state index contributed by atoms with van der Waals surface area (Å²) in [6.07, 6.45) is 0. The van der Waals surface area contributed by atoms with Crippen LogP contribution in [0.5, 0.6) is 0 Å². The first-order chi connectivity index (χ1) is 14.9. The maximum atomic E-state index is 4.08. The molecule has 2 N–H and O–H groups in total. The second-order valence-electron chi connectivity index (χ2n) is 5.99. The fourth-order valence-corrected chi connectivity index (χ4v) is 2.29. The van der Waals surface area contributed by atoms with Gasteiger partial charge in [-0.15, -0.1) is 22.7 Å². The molecule has 4 aromatic carbocycles. The van der Waals surface area contributed by atoms with Gasteiger partial charge in [-0.3, -0.25) is 0 Å². The molecule has 0 heterocycles. The Morgan fingerprint density at radius 2 is 0.500 bits per heavy atom. The molecular weight excluding hydrogens is 499 g/mol. The van der Waals surface area contributed by atoms with Gasteiger partial charge >= 0.3 is 34.1 Å². The second-order valence-corrected chi connectivity index (χ2v) is 5.99. The molecule has 0 saturated carbocycles. The predicted octanol–water partition coefficient (Wildman–Crippen LogP) is 7.63. The van der Waals surface area contributed by atoms with Gasteiger partial charge in [0.1, 0.15) is 0 Å². The third-order valence-corrected chi connectivity index (χ3v) is 3.74. The maximum Gasteiger partial charge on any atom is 2.00 e. The number of hydrogen-bond donors (Lipinski definition) is 2. The van der Waals surface area contributed by atoms with E-state index in [-0.39, 0.29) is 34.1 Å². The number of nitrogens with one attached hydrogen (secondary N) is 2. The zero-order valence-electron chi connectivity index (χ0n) is 16.9. The fraction of sp³-hybridized carbons (Fsp3) is 0. The van der Waals surface area contributed by atoms with Gasteiger partial charge in [-0.05, 0) is 0 Å². The summed E-state index contributed by atoms with van der Waals surface area (Å²) in [6.45, 7) is 0. The minimum absolute atomic E-state index is 0. The molecule has 0 aromatic heterocycles. The van der Waals surface area contributed by atoms with Gasteiger partial charge in [-0.1, -0.05) is 121 Å². The molecule has 0 atom stereocenters. The van der Waals surface area contributed by atoms with E-state index < -0.39 is 0 Å². The molecule has 32 heavy (non-hydrogen) atoms. The van der Waals surface area contributed by atoms with Crippen molar-refractivity contribution in [2.75, 3.05) is 0 Å². The van der Waals surface area contributed by atoms with E-state index in [9.17, 15) is 0 Å². The van der Waals surface area contributed by atoms with Crippen LogP contribution in [0.15, 0.2) is 121 Å². The van der Waals surface area contributed by atoms with Crippen LogP contribution in [-0.2, 0) is 34.1 Å². The quantitative estimate of drug-likeness (QED) is 0.185. The van der Waals surface area contributed by atoms with Gasteiger partial charge < -0.3 is 32.8 Å². The van der Waals surface area contributed by atoms with Gasteiger partial charge in [0.05, 0.1) is 0 Å². The number of hydrogen-bond acceptors (Lipinski definition) is 2. The summed E-state index contributed by atoms with van der Waals surface area (Å²) < 4.78 is 0.